The predicted octanol–water partition coefficient (Wildman–Crippen LogP) is 4.82. The van der Waals surface area contributed by atoms with Gasteiger partial charge in [-0.1, -0.05) is 19.1 Å². The van der Waals surface area contributed by atoms with Crippen LogP contribution in [-0.2, 0) is 17.6 Å². The highest BCUT2D eigenvalue weighted by Crippen LogP contribution is 2.25. The number of aromatic nitrogens is 2. The lowest BCUT2D eigenvalue weighted by Gasteiger charge is -2.06. The van der Waals surface area contributed by atoms with Crippen molar-refractivity contribution in [3.63, 3.8) is 0 Å². The summed E-state index contributed by atoms with van der Waals surface area (Å²) in [6.07, 6.45) is 3.26. The number of carbonyl (C=O) groups is 1. The van der Waals surface area contributed by atoms with Gasteiger partial charge in [0.15, 0.2) is 4.96 Å². The fourth-order valence-corrected chi connectivity index (χ4v) is 3.92. The van der Waals surface area contributed by atoms with Crippen molar-refractivity contribution in [1.29, 1.82) is 0 Å². The highest BCUT2D eigenvalue weighted by molar-refractivity contribution is 7.15. The number of nitrogens with one attached hydrogen (secondary N) is 1. The number of hydrogen-bond donors (Lipinski definition) is 1. The summed E-state index contributed by atoms with van der Waals surface area (Å²) in [5.74, 6) is 0.776. The average molecular weight is 391 g/mol. The molecule has 2 aromatic heterocycles. The summed E-state index contributed by atoms with van der Waals surface area (Å²) in [6, 6.07) is 15.8. The fourth-order valence-electron chi connectivity index (χ4n) is 3.05. The number of carbonyl (C=O) groups excluding carboxylic acids is 1. The molecule has 2 heterocycles. The van der Waals surface area contributed by atoms with E-state index in [1.54, 1.807) is 7.11 Å². The first-order valence-corrected chi connectivity index (χ1v) is 10.0. The Balaban J connectivity index is 1.50. The zero-order valence-corrected chi connectivity index (χ0v) is 16.6. The molecule has 0 unspecified atom stereocenters. The lowest BCUT2D eigenvalue weighted by Crippen LogP contribution is -2.15. The number of imidazole rings is 1. The van der Waals surface area contributed by atoms with Gasteiger partial charge in [-0.15, -0.1) is 11.3 Å². The zero-order valence-electron chi connectivity index (χ0n) is 15.8. The maximum atomic E-state index is 12.5. The summed E-state index contributed by atoms with van der Waals surface area (Å²) in [5.41, 5.74) is 4.89. The number of aryl methyl sites for hydroxylation is 1. The Morgan fingerprint density at radius 1 is 1.14 bits per heavy atom. The van der Waals surface area contributed by atoms with Gasteiger partial charge < -0.3 is 10.1 Å². The van der Waals surface area contributed by atoms with Gasteiger partial charge in [-0.3, -0.25) is 9.20 Å². The van der Waals surface area contributed by atoms with Crippen molar-refractivity contribution < 1.29 is 9.53 Å². The molecule has 0 saturated carbocycles. The van der Waals surface area contributed by atoms with Gasteiger partial charge in [0.05, 0.1) is 19.2 Å². The summed E-state index contributed by atoms with van der Waals surface area (Å²) in [7, 11) is 1.65. The Bertz CT molecular complexity index is 1100. The van der Waals surface area contributed by atoms with Crippen LogP contribution in [0.15, 0.2) is 60.1 Å². The van der Waals surface area contributed by atoms with Crippen molar-refractivity contribution in [3.8, 4) is 17.0 Å². The number of ether oxygens (including phenoxy) is 1. The molecular formula is C22H21N3O2S. The van der Waals surface area contributed by atoms with Crippen molar-refractivity contribution in [3.05, 3.63) is 71.4 Å². The maximum Gasteiger partial charge on any atom is 0.230 e. The Labute approximate surface area is 167 Å². The Hall–Kier alpha value is -3.12. The Kier molecular flexibility index (Phi) is 5.12. The molecule has 0 saturated heterocycles. The molecule has 4 aromatic rings. The number of nitrogens with zero attached hydrogens (tertiary/aromatic N) is 2. The second-order valence-electron chi connectivity index (χ2n) is 6.51. The number of hydrogen-bond acceptors (Lipinski definition) is 4. The van der Waals surface area contributed by atoms with E-state index in [2.05, 4.69) is 17.2 Å². The zero-order chi connectivity index (χ0) is 19.5. The molecule has 0 spiro atoms. The van der Waals surface area contributed by atoms with E-state index in [1.807, 2.05) is 64.5 Å². The molecule has 0 aliphatic carbocycles. The molecule has 0 atom stereocenters. The van der Waals surface area contributed by atoms with Crippen LogP contribution in [0.2, 0.25) is 0 Å². The van der Waals surface area contributed by atoms with E-state index in [4.69, 9.17) is 4.74 Å². The number of thiazole rings is 1. The number of fused-ring (bicyclic) bond motifs is 1. The molecule has 0 aliphatic rings. The van der Waals surface area contributed by atoms with Gasteiger partial charge in [-0.25, -0.2) is 4.98 Å². The molecule has 5 nitrogen and oxygen atoms in total. The van der Waals surface area contributed by atoms with E-state index in [-0.39, 0.29) is 5.91 Å². The first-order valence-electron chi connectivity index (χ1n) is 9.15. The van der Waals surface area contributed by atoms with Gasteiger partial charge in [-0.2, -0.15) is 0 Å². The van der Waals surface area contributed by atoms with E-state index in [9.17, 15) is 4.79 Å². The SMILES string of the molecule is CCc1ccc(NC(=O)Cc2csc3nc(-c4ccc(OC)cc4)cn23)cc1. The normalized spacial score (nSPS) is 10.9. The Morgan fingerprint density at radius 3 is 2.57 bits per heavy atom. The molecule has 4 rings (SSSR count). The minimum atomic E-state index is -0.0383. The van der Waals surface area contributed by atoms with Gasteiger partial charge in [0.1, 0.15) is 5.75 Å². The first-order chi connectivity index (χ1) is 13.7. The molecule has 2 aromatic carbocycles. The third-order valence-corrected chi connectivity index (χ3v) is 5.55. The van der Waals surface area contributed by atoms with Crippen molar-refractivity contribution >= 4 is 27.9 Å². The van der Waals surface area contributed by atoms with Crippen molar-refractivity contribution in [2.24, 2.45) is 0 Å². The van der Waals surface area contributed by atoms with E-state index in [0.29, 0.717) is 6.42 Å². The third-order valence-electron chi connectivity index (χ3n) is 4.66. The topological polar surface area (TPSA) is 55.6 Å². The van der Waals surface area contributed by atoms with Crippen molar-refractivity contribution in [2.45, 2.75) is 19.8 Å². The van der Waals surface area contributed by atoms with Gasteiger partial charge >= 0.3 is 0 Å². The van der Waals surface area contributed by atoms with Crippen LogP contribution in [0.3, 0.4) is 0 Å². The van der Waals surface area contributed by atoms with Crippen LogP contribution >= 0.6 is 11.3 Å². The van der Waals surface area contributed by atoms with Crippen LogP contribution in [0, 0.1) is 0 Å². The summed E-state index contributed by atoms with van der Waals surface area (Å²) >= 11 is 1.54. The molecule has 6 heteroatoms. The molecule has 0 aliphatic heterocycles. The molecule has 1 N–H and O–H groups in total. The maximum absolute atomic E-state index is 12.5. The van der Waals surface area contributed by atoms with Gasteiger partial charge in [-0.05, 0) is 48.4 Å². The summed E-state index contributed by atoms with van der Waals surface area (Å²) in [6.45, 7) is 2.11. The van der Waals surface area contributed by atoms with Crippen LogP contribution in [0.4, 0.5) is 5.69 Å². The number of amides is 1. The number of methoxy groups -OCH3 is 1. The lowest BCUT2D eigenvalue weighted by molar-refractivity contribution is -0.115. The highest BCUT2D eigenvalue weighted by atomic mass is 32.1. The summed E-state index contributed by atoms with van der Waals surface area (Å²) < 4.78 is 7.20. The quantitative estimate of drug-likeness (QED) is 0.513. The largest absolute Gasteiger partial charge is 0.497 e. The smallest absolute Gasteiger partial charge is 0.230 e. The standard InChI is InChI=1S/C22H21N3O2S/c1-3-15-4-8-17(9-5-15)23-21(26)12-18-14-28-22-24-20(13-25(18)22)16-6-10-19(27-2)11-7-16/h4-11,13-14H,3,12H2,1-2H3,(H,23,26). The van der Waals surface area contributed by atoms with Gasteiger partial charge in [0.2, 0.25) is 5.91 Å². The van der Waals surface area contributed by atoms with Crippen molar-refractivity contribution in [1.82, 2.24) is 9.38 Å². The minimum Gasteiger partial charge on any atom is -0.497 e. The van der Waals surface area contributed by atoms with Crippen LogP contribution in [0.1, 0.15) is 18.2 Å². The second-order valence-corrected chi connectivity index (χ2v) is 7.35. The minimum absolute atomic E-state index is 0.0383. The first kappa shape index (κ1) is 18.3. The lowest BCUT2D eigenvalue weighted by atomic mass is 10.1. The molecule has 0 bridgehead atoms. The number of benzene rings is 2. The molecule has 0 fully saturated rings. The van der Waals surface area contributed by atoms with E-state index < -0.39 is 0 Å². The number of anilines is 1. The fraction of sp³-hybridized carbons (Fsp3) is 0.182. The van der Waals surface area contributed by atoms with Gasteiger partial charge in [0.25, 0.3) is 0 Å². The third kappa shape index (κ3) is 3.77. The molecular weight excluding hydrogens is 370 g/mol. The van der Waals surface area contributed by atoms with E-state index in [1.165, 1.54) is 16.9 Å². The Morgan fingerprint density at radius 2 is 1.89 bits per heavy atom. The van der Waals surface area contributed by atoms with Crippen LogP contribution in [0.25, 0.3) is 16.2 Å². The molecule has 142 valence electrons. The number of rotatable bonds is 6. The molecule has 28 heavy (non-hydrogen) atoms. The highest BCUT2D eigenvalue weighted by Gasteiger charge is 2.13. The van der Waals surface area contributed by atoms with Gasteiger partial charge in [0, 0.05) is 28.5 Å². The van der Waals surface area contributed by atoms with Crippen LogP contribution in [0.5, 0.6) is 5.75 Å². The predicted molar refractivity (Wildman–Crippen MR) is 113 cm³/mol. The summed E-state index contributed by atoms with van der Waals surface area (Å²) in [5, 5.41) is 4.95. The molecule has 0 radical (unpaired) electrons. The monoisotopic (exact) mass is 391 g/mol. The van der Waals surface area contributed by atoms with Crippen molar-refractivity contribution in [2.75, 3.05) is 12.4 Å². The summed E-state index contributed by atoms with van der Waals surface area (Å²) in [4.78, 5) is 18.0. The second kappa shape index (κ2) is 7.86. The average Bonchev–Trinajstić information content (AvgIpc) is 3.30. The van der Waals surface area contributed by atoms with Crippen LogP contribution < -0.4 is 10.1 Å². The van der Waals surface area contributed by atoms with E-state index in [0.717, 1.165) is 39.8 Å². The molecule has 1 amide bonds. The van der Waals surface area contributed by atoms with Crippen LogP contribution in [-0.4, -0.2) is 22.4 Å². The van der Waals surface area contributed by atoms with E-state index >= 15 is 0 Å².